The SMILES string of the molecule is CNC(=O)C(C)N(Cc1ccccc1Cl)C(=O)CSCc1ccc(Br)cc1. The lowest BCUT2D eigenvalue weighted by atomic mass is 10.1. The molecule has 4 nitrogen and oxygen atoms in total. The molecule has 0 heterocycles. The van der Waals surface area contributed by atoms with Crippen LogP contribution in [0, 0.1) is 0 Å². The molecule has 0 fully saturated rings. The van der Waals surface area contributed by atoms with Crippen molar-refractivity contribution in [2.24, 2.45) is 0 Å². The molecule has 0 aliphatic heterocycles. The first-order valence-electron chi connectivity index (χ1n) is 8.49. The molecule has 2 amide bonds. The third-order valence-corrected chi connectivity index (χ3v) is 6.01. The number of halogens is 2. The molecule has 1 atom stereocenters. The van der Waals surface area contributed by atoms with Gasteiger partial charge in [0.1, 0.15) is 6.04 Å². The van der Waals surface area contributed by atoms with Crippen molar-refractivity contribution in [3.63, 3.8) is 0 Å². The van der Waals surface area contributed by atoms with Gasteiger partial charge in [0.15, 0.2) is 0 Å². The Morgan fingerprint density at radius 1 is 1.19 bits per heavy atom. The number of hydrogen-bond donors (Lipinski definition) is 1. The van der Waals surface area contributed by atoms with Crippen LogP contribution in [0.3, 0.4) is 0 Å². The highest BCUT2D eigenvalue weighted by Gasteiger charge is 2.25. The molecule has 1 unspecified atom stereocenters. The van der Waals surface area contributed by atoms with Crippen LogP contribution in [0.15, 0.2) is 53.0 Å². The Labute approximate surface area is 177 Å². The molecule has 27 heavy (non-hydrogen) atoms. The van der Waals surface area contributed by atoms with Gasteiger partial charge in [-0.3, -0.25) is 9.59 Å². The summed E-state index contributed by atoms with van der Waals surface area (Å²) in [4.78, 5) is 26.5. The van der Waals surface area contributed by atoms with E-state index in [0.29, 0.717) is 17.3 Å². The van der Waals surface area contributed by atoms with E-state index in [9.17, 15) is 9.59 Å². The summed E-state index contributed by atoms with van der Waals surface area (Å²) in [6.07, 6.45) is 0. The fourth-order valence-corrected chi connectivity index (χ4v) is 3.85. The van der Waals surface area contributed by atoms with E-state index >= 15 is 0 Å². The van der Waals surface area contributed by atoms with E-state index in [4.69, 9.17) is 11.6 Å². The van der Waals surface area contributed by atoms with Crippen LogP contribution in [0.2, 0.25) is 5.02 Å². The highest BCUT2D eigenvalue weighted by molar-refractivity contribution is 9.10. The van der Waals surface area contributed by atoms with Gasteiger partial charge in [-0.25, -0.2) is 0 Å². The highest BCUT2D eigenvalue weighted by Crippen LogP contribution is 2.21. The van der Waals surface area contributed by atoms with Gasteiger partial charge in [0, 0.05) is 28.8 Å². The zero-order chi connectivity index (χ0) is 19.8. The minimum atomic E-state index is -0.577. The van der Waals surface area contributed by atoms with Crippen molar-refractivity contribution in [2.45, 2.75) is 25.3 Å². The van der Waals surface area contributed by atoms with E-state index in [1.165, 1.54) is 11.8 Å². The Bertz CT molecular complexity index is 786. The average Bonchev–Trinajstić information content (AvgIpc) is 2.67. The van der Waals surface area contributed by atoms with E-state index in [0.717, 1.165) is 21.4 Å². The molecule has 0 radical (unpaired) electrons. The topological polar surface area (TPSA) is 49.4 Å². The van der Waals surface area contributed by atoms with Gasteiger partial charge in [-0.05, 0) is 36.2 Å². The molecule has 1 N–H and O–H groups in total. The monoisotopic (exact) mass is 468 g/mol. The Hall–Kier alpha value is -1.50. The lowest BCUT2D eigenvalue weighted by Crippen LogP contribution is -2.47. The van der Waals surface area contributed by atoms with Gasteiger partial charge >= 0.3 is 0 Å². The smallest absolute Gasteiger partial charge is 0.242 e. The zero-order valence-corrected chi connectivity index (χ0v) is 18.4. The lowest BCUT2D eigenvalue weighted by Gasteiger charge is -2.28. The second-order valence-corrected chi connectivity index (χ2v) is 8.33. The van der Waals surface area contributed by atoms with Crippen LogP contribution >= 0.6 is 39.3 Å². The number of hydrogen-bond acceptors (Lipinski definition) is 3. The standard InChI is InChI=1S/C20H22BrClN2O2S/c1-14(20(26)23-2)24(11-16-5-3-4-6-18(16)22)19(25)13-27-12-15-7-9-17(21)10-8-15/h3-10,14H,11-13H2,1-2H3,(H,23,26). The normalized spacial score (nSPS) is 11.7. The zero-order valence-electron chi connectivity index (χ0n) is 15.2. The quantitative estimate of drug-likeness (QED) is 0.619. The van der Waals surface area contributed by atoms with E-state index in [1.807, 2.05) is 42.5 Å². The number of carbonyl (C=O) groups is 2. The summed E-state index contributed by atoms with van der Waals surface area (Å²) in [7, 11) is 1.57. The molecular weight excluding hydrogens is 448 g/mol. The van der Waals surface area contributed by atoms with Crippen LogP contribution in [0.5, 0.6) is 0 Å². The summed E-state index contributed by atoms with van der Waals surface area (Å²) in [5, 5.41) is 3.20. The molecule has 0 aliphatic carbocycles. The van der Waals surface area contributed by atoms with Gasteiger partial charge in [0.05, 0.1) is 5.75 Å². The third kappa shape index (κ3) is 6.55. The number of nitrogens with one attached hydrogen (secondary N) is 1. The number of nitrogens with zero attached hydrogens (tertiary/aromatic N) is 1. The largest absolute Gasteiger partial charge is 0.357 e. The van der Waals surface area contributed by atoms with Crippen LogP contribution in [0.1, 0.15) is 18.1 Å². The van der Waals surface area contributed by atoms with Crippen LogP contribution in [0.25, 0.3) is 0 Å². The second kappa shape index (κ2) is 10.7. The molecule has 144 valence electrons. The van der Waals surface area contributed by atoms with Gasteiger partial charge in [0.25, 0.3) is 0 Å². The molecule has 0 aliphatic rings. The summed E-state index contributed by atoms with van der Waals surface area (Å²) in [6, 6.07) is 14.8. The molecule has 0 spiro atoms. The van der Waals surface area contributed by atoms with Crippen molar-refractivity contribution in [2.75, 3.05) is 12.8 Å². The molecule has 0 bridgehead atoms. The van der Waals surface area contributed by atoms with Gasteiger partial charge in [-0.15, -0.1) is 11.8 Å². The first kappa shape index (κ1) is 21.8. The van der Waals surface area contributed by atoms with Gasteiger partial charge < -0.3 is 10.2 Å². The van der Waals surface area contributed by atoms with Crippen molar-refractivity contribution in [1.82, 2.24) is 10.2 Å². The molecule has 0 aromatic heterocycles. The molecule has 7 heteroatoms. The highest BCUT2D eigenvalue weighted by atomic mass is 79.9. The van der Waals surface area contributed by atoms with Crippen LogP contribution in [-0.2, 0) is 21.9 Å². The summed E-state index contributed by atoms with van der Waals surface area (Å²) in [6.45, 7) is 2.03. The molecule has 0 saturated heterocycles. The first-order chi connectivity index (χ1) is 12.9. The van der Waals surface area contributed by atoms with Crippen molar-refractivity contribution < 1.29 is 9.59 Å². The summed E-state index contributed by atoms with van der Waals surface area (Å²) in [5.74, 6) is 0.733. The van der Waals surface area contributed by atoms with Gasteiger partial charge in [-0.2, -0.15) is 0 Å². The second-order valence-electron chi connectivity index (χ2n) is 6.02. The predicted octanol–water partition coefficient (Wildman–Crippen LogP) is 4.50. The van der Waals surface area contributed by atoms with Crippen molar-refractivity contribution in [3.05, 3.63) is 69.2 Å². The number of benzene rings is 2. The minimum absolute atomic E-state index is 0.0897. The van der Waals surface area contributed by atoms with E-state index in [-0.39, 0.29) is 11.8 Å². The predicted molar refractivity (Wildman–Crippen MR) is 116 cm³/mol. The Morgan fingerprint density at radius 3 is 2.48 bits per heavy atom. The number of thioether (sulfide) groups is 1. The fraction of sp³-hybridized carbons (Fsp3) is 0.300. The number of likely N-dealkylation sites (N-methyl/N-ethyl adjacent to an activating group) is 1. The first-order valence-corrected chi connectivity index (χ1v) is 10.8. The average molecular weight is 470 g/mol. The maximum Gasteiger partial charge on any atom is 0.242 e. The molecule has 2 aromatic carbocycles. The summed E-state index contributed by atoms with van der Waals surface area (Å²) in [5.41, 5.74) is 1.97. The maximum absolute atomic E-state index is 12.8. The summed E-state index contributed by atoms with van der Waals surface area (Å²) < 4.78 is 1.03. The Morgan fingerprint density at radius 2 is 1.85 bits per heavy atom. The minimum Gasteiger partial charge on any atom is -0.357 e. The van der Waals surface area contributed by atoms with E-state index in [1.54, 1.807) is 24.9 Å². The number of rotatable bonds is 8. The number of amides is 2. The molecule has 2 rings (SSSR count). The van der Waals surface area contributed by atoms with Crippen molar-refractivity contribution in [3.8, 4) is 0 Å². The lowest BCUT2D eigenvalue weighted by molar-refractivity contribution is -0.138. The molecule has 2 aromatic rings. The van der Waals surface area contributed by atoms with Gasteiger partial charge in [-0.1, -0.05) is 57.9 Å². The summed E-state index contributed by atoms with van der Waals surface area (Å²) >= 11 is 11.2. The fourth-order valence-electron chi connectivity index (χ4n) is 2.52. The van der Waals surface area contributed by atoms with E-state index in [2.05, 4.69) is 21.2 Å². The van der Waals surface area contributed by atoms with Crippen LogP contribution < -0.4 is 5.32 Å². The van der Waals surface area contributed by atoms with Gasteiger partial charge in [0.2, 0.25) is 11.8 Å². The van der Waals surface area contributed by atoms with Crippen molar-refractivity contribution >= 4 is 51.1 Å². The maximum atomic E-state index is 12.8. The molecule has 0 saturated carbocycles. The van der Waals surface area contributed by atoms with E-state index < -0.39 is 6.04 Å². The van der Waals surface area contributed by atoms with Crippen LogP contribution in [-0.4, -0.2) is 35.6 Å². The Kier molecular flexibility index (Phi) is 8.67. The third-order valence-electron chi connectivity index (χ3n) is 4.12. The molecular formula is C20H22BrClN2O2S. The van der Waals surface area contributed by atoms with Crippen LogP contribution in [0.4, 0.5) is 0 Å². The number of carbonyl (C=O) groups excluding carboxylic acids is 2. The van der Waals surface area contributed by atoms with Crippen molar-refractivity contribution in [1.29, 1.82) is 0 Å². The Balaban J connectivity index is 2.04.